The minimum absolute atomic E-state index is 0.363. The van der Waals surface area contributed by atoms with E-state index in [2.05, 4.69) is 25.5 Å². The Morgan fingerprint density at radius 2 is 1.88 bits per heavy atom. The summed E-state index contributed by atoms with van der Waals surface area (Å²) in [6, 6.07) is 13.3. The molecule has 0 spiro atoms. The molecule has 0 saturated carbocycles. The molecule has 1 amide bonds. The normalized spacial score (nSPS) is 11.3. The Morgan fingerprint density at radius 3 is 2.59 bits per heavy atom. The van der Waals surface area contributed by atoms with Gasteiger partial charge in [0.2, 0.25) is 5.91 Å². The number of amides is 1. The first-order chi connectivity index (χ1) is 16.5. The molecule has 0 atom stereocenters. The van der Waals surface area contributed by atoms with Gasteiger partial charge in [-0.25, -0.2) is 0 Å². The molecule has 5 rings (SSSR count). The molecule has 2 aromatic carbocycles. The first-order valence-electron chi connectivity index (χ1n) is 10.9. The number of nitrogens with two attached hydrogens (primary N) is 1. The molecule has 0 aliphatic heterocycles. The van der Waals surface area contributed by atoms with E-state index in [1.165, 1.54) is 0 Å². The van der Waals surface area contributed by atoms with E-state index in [4.69, 9.17) is 10.5 Å². The minimum atomic E-state index is -0.529. The molecular formula is C24H24N8O2. The molecule has 10 nitrogen and oxygen atoms in total. The van der Waals surface area contributed by atoms with Crippen molar-refractivity contribution in [2.75, 3.05) is 7.11 Å². The van der Waals surface area contributed by atoms with Crippen LogP contribution in [0.15, 0.2) is 48.7 Å². The van der Waals surface area contributed by atoms with Gasteiger partial charge in [-0.1, -0.05) is 12.1 Å². The quantitative estimate of drug-likeness (QED) is 0.387. The van der Waals surface area contributed by atoms with Crippen molar-refractivity contribution >= 4 is 16.8 Å². The van der Waals surface area contributed by atoms with E-state index in [1.807, 2.05) is 53.4 Å². The highest BCUT2D eigenvalue weighted by atomic mass is 16.5. The smallest absolute Gasteiger partial charge is 0.248 e. The maximum atomic E-state index is 12.0. The van der Waals surface area contributed by atoms with Crippen molar-refractivity contribution in [2.24, 2.45) is 5.73 Å². The Hall–Kier alpha value is -4.47. The molecule has 5 aromatic rings. The van der Waals surface area contributed by atoms with E-state index >= 15 is 0 Å². The lowest BCUT2D eigenvalue weighted by molar-refractivity contribution is 0.100. The summed E-state index contributed by atoms with van der Waals surface area (Å²) in [5.41, 5.74) is 10.2. The number of nitrogens with zero attached hydrogens (tertiary/aromatic N) is 6. The third-order valence-electron chi connectivity index (χ3n) is 5.77. The summed E-state index contributed by atoms with van der Waals surface area (Å²) < 4.78 is 9.23. The third-order valence-corrected chi connectivity index (χ3v) is 5.77. The van der Waals surface area contributed by atoms with E-state index in [1.54, 1.807) is 25.4 Å². The molecule has 3 N–H and O–H groups in total. The van der Waals surface area contributed by atoms with Crippen LogP contribution in [0.5, 0.6) is 5.75 Å². The van der Waals surface area contributed by atoms with Gasteiger partial charge in [-0.15, -0.1) is 10.2 Å². The Morgan fingerprint density at radius 1 is 1.12 bits per heavy atom. The number of carbonyl (C=O) groups is 1. The number of carbonyl (C=O) groups excluding carboxylic acids is 1. The molecule has 0 unspecified atom stereocenters. The summed E-state index contributed by atoms with van der Waals surface area (Å²) in [6.45, 7) is 5.17. The van der Waals surface area contributed by atoms with Gasteiger partial charge in [-0.3, -0.25) is 14.6 Å². The van der Waals surface area contributed by atoms with Crippen molar-refractivity contribution in [3.8, 4) is 28.7 Å². The van der Waals surface area contributed by atoms with Gasteiger partial charge in [0, 0.05) is 23.1 Å². The average Bonchev–Trinajstić information content (AvgIpc) is 3.56. The van der Waals surface area contributed by atoms with E-state index in [0.717, 1.165) is 28.1 Å². The van der Waals surface area contributed by atoms with Crippen LogP contribution in [0, 0.1) is 6.92 Å². The van der Waals surface area contributed by atoms with Gasteiger partial charge < -0.3 is 15.0 Å². The topological polar surface area (TPSA) is 130 Å². The van der Waals surface area contributed by atoms with Crippen molar-refractivity contribution in [2.45, 2.75) is 26.9 Å². The van der Waals surface area contributed by atoms with E-state index in [0.29, 0.717) is 41.4 Å². The molecule has 3 aromatic heterocycles. The maximum Gasteiger partial charge on any atom is 0.248 e. The second-order valence-electron chi connectivity index (χ2n) is 7.99. The zero-order chi connectivity index (χ0) is 23.8. The SMILES string of the molecule is CCn1nc(C)cc1-c1nnc(-c2cc(C(N)=O)cc3[nH]ncc23)n1Cc1ccc(OC)cc1. The first-order valence-corrected chi connectivity index (χ1v) is 10.9. The van der Waals surface area contributed by atoms with Crippen molar-refractivity contribution in [3.05, 3.63) is 65.5 Å². The number of ether oxygens (including phenoxy) is 1. The van der Waals surface area contributed by atoms with Gasteiger partial charge in [0.1, 0.15) is 11.4 Å². The number of aromatic amines is 1. The van der Waals surface area contributed by atoms with Gasteiger partial charge in [-0.05, 0) is 49.7 Å². The number of H-pyrrole nitrogens is 1. The number of aromatic nitrogens is 7. The van der Waals surface area contributed by atoms with Crippen LogP contribution in [0.4, 0.5) is 0 Å². The number of hydrogen-bond donors (Lipinski definition) is 2. The van der Waals surface area contributed by atoms with Gasteiger partial charge in [0.15, 0.2) is 11.6 Å². The summed E-state index contributed by atoms with van der Waals surface area (Å²) in [6.07, 6.45) is 1.71. The highest BCUT2D eigenvalue weighted by molar-refractivity contribution is 6.02. The molecule has 34 heavy (non-hydrogen) atoms. The predicted octanol–water partition coefficient (Wildman–Crippen LogP) is 3.17. The lowest BCUT2D eigenvalue weighted by Crippen LogP contribution is -2.12. The molecule has 0 aliphatic carbocycles. The lowest BCUT2D eigenvalue weighted by Gasteiger charge is -2.13. The van der Waals surface area contributed by atoms with Crippen LogP contribution in [0.1, 0.15) is 28.5 Å². The highest BCUT2D eigenvalue weighted by Crippen LogP contribution is 2.32. The number of nitrogens with one attached hydrogen (secondary N) is 1. The fourth-order valence-electron chi connectivity index (χ4n) is 4.10. The van der Waals surface area contributed by atoms with Gasteiger partial charge in [0.25, 0.3) is 0 Å². The largest absolute Gasteiger partial charge is 0.497 e. The second kappa shape index (κ2) is 8.47. The van der Waals surface area contributed by atoms with Crippen LogP contribution in [0.2, 0.25) is 0 Å². The van der Waals surface area contributed by atoms with Gasteiger partial charge >= 0.3 is 0 Å². The van der Waals surface area contributed by atoms with Crippen LogP contribution < -0.4 is 10.5 Å². The lowest BCUT2D eigenvalue weighted by atomic mass is 10.0. The van der Waals surface area contributed by atoms with Crippen LogP contribution in [-0.2, 0) is 13.1 Å². The zero-order valence-corrected chi connectivity index (χ0v) is 19.1. The first kappa shape index (κ1) is 21.4. The van der Waals surface area contributed by atoms with E-state index in [9.17, 15) is 4.79 Å². The summed E-state index contributed by atoms with van der Waals surface area (Å²) in [4.78, 5) is 12.0. The predicted molar refractivity (Wildman–Crippen MR) is 127 cm³/mol. The number of rotatable bonds is 7. The molecule has 3 heterocycles. The molecule has 0 bridgehead atoms. The summed E-state index contributed by atoms with van der Waals surface area (Å²) in [5.74, 6) is 1.52. The summed E-state index contributed by atoms with van der Waals surface area (Å²) >= 11 is 0. The molecule has 0 fully saturated rings. The van der Waals surface area contributed by atoms with Crippen LogP contribution >= 0.6 is 0 Å². The Labute approximate surface area is 195 Å². The fourth-order valence-corrected chi connectivity index (χ4v) is 4.10. The molecule has 0 aliphatic rings. The molecule has 10 heteroatoms. The monoisotopic (exact) mass is 456 g/mol. The minimum Gasteiger partial charge on any atom is -0.497 e. The Balaban J connectivity index is 1.73. The summed E-state index contributed by atoms with van der Waals surface area (Å²) in [7, 11) is 1.64. The molecule has 0 saturated heterocycles. The van der Waals surface area contributed by atoms with Crippen molar-refractivity contribution in [1.82, 2.24) is 34.7 Å². The molecule has 0 radical (unpaired) electrons. The van der Waals surface area contributed by atoms with Crippen LogP contribution in [-0.4, -0.2) is 47.8 Å². The highest BCUT2D eigenvalue weighted by Gasteiger charge is 2.22. The maximum absolute atomic E-state index is 12.0. The number of hydrogen-bond acceptors (Lipinski definition) is 6. The average molecular weight is 457 g/mol. The molecular weight excluding hydrogens is 432 g/mol. The fraction of sp³-hybridized carbons (Fsp3) is 0.208. The van der Waals surface area contributed by atoms with Crippen molar-refractivity contribution in [3.63, 3.8) is 0 Å². The van der Waals surface area contributed by atoms with Crippen molar-refractivity contribution in [1.29, 1.82) is 0 Å². The van der Waals surface area contributed by atoms with Crippen molar-refractivity contribution < 1.29 is 9.53 Å². The Bertz CT molecular complexity index is 1490. The van der Waals surface area contributed by atoms with Gasteiger partial charge in [0.05, 0.1) is 31.1 Å². The standard InChI is InChI=1S/C24H24N8O2/c1-4-32-21(9-14(2)30-32)24-29-28-23(31(24)13-15-5-7-17(34-3)8-6-15)18-10-16(22(25)33)11-20-19(18)12-26-27-20/h5-12H,4,13H2,1-3H3,(H2,25,33)(H,26,27). The van der Waals surface area contributed by atoms with E-state index in [-0.39, 0.29) is 0 Å². The Kier molecular flexibility index (Phi) is 5.33. The zero-order valence-electron chi connectivity index (χ0n) is 19.1. The third kappa shape index (κ3) is 3.68. The summed E-state index contributed by atoms with van der Waals surface area (Å²) in [5, 5.41) is 21.6. The number of benzene rings is 2. The van der Waals surface area contributed by atoms with Crippen LogP contribution in [0.25, 0.3) is 33.8 Å². The second-order valence-corrected chi connectivity index (χ2v) is 7.99. The van der Waals surface area contributed by atoms with Crippen LogP contribution in [0.3, 0.4) is 0 Å². The molecule has 172 valence electrons. The van der Waals surface area contributed by atoms with Gasteiger partial charge in [-0.2, -0.15) is 10.2 Å². The number of aryl methyl sites for hydroxylation is 2. The number of methoxy groups -OCH3 is 1. The number of primary amides is 1. The number of fused-ring (bicyclic) bond motifs is 1. The van der Waals surface area contributed by atoms with E-state index < -0.39 is 5.91 Å².